The summed E-state index contributed by atoms with van der Waals surface area (Å²) in [6.45, 7) is 8.10. The second-order valence-corrected chi connectivity index (χ2v) is 5.88. The fourth-order valence-electron chi connectivity index (χ4n) is 3.16. The van der Waals surface area contributed by atoms with Gasteiger partial charge in [0.1, 0.15) is 0 Å². The number of ether oxygens (including phenoxy) is 1. The Labute approximate surface area is 126 Å². The zero-order valence-corrected chi connectivity index (χ0v) is 13.7. The molecule has 1 aliphatic rings. The number of aromatic nitrogens is 2. The molecule has 0 amide bonds. The van der Waals surface area contributed by atoms with E-state index in [0.717, 1.165) is 48.8 Å². The summed E-state index contributed by atoms with van der Waals surface area (Å²) < 4.78 is 7.75. The van der Waals surface area contributed by atoms with E-state index in [-0.39, 0.29) is 0 Å². The maximum Gasteiger partial charge on any atom is 0.0850 e. The molecule has 5 heteroatoms. The topological polar surface area (TPSA) is 39.1 Å². The summed E-state index contributed by atoms with van der Waals surface area (Å²) in [5.74, 6) is 0.543. The summed E-state index contributed by atoms with van der Waals surface area (Å²) in [6.07, 6.45) is 3.22. The van der Waals surface area contributed by atoms with Crippen molar-refractivity contribution < 1.29 is 4.74 Å². The van der Waals surface area contributed by atoms with Crippen LogP contribution in [0, 0.1) is 5.92 Å². The lowest BCUT2D eigenvalue weighted by molar-refractivity contribution is 0.0960. The molecule has 3 atom stereocenters. The van der Waals surface area contributed by atoms with Crippen LogP contribution in [0.1, 0.15) is 38.6 Å². The normalized spacial score (nSPS) is 24.2. The van der Waals surface area contributed by atoms with E-state index in [9.17, 15) is 0 Å². The Balaban J connectivity index is 2.20. The van der Waals surface area contributed by atoms with E-state index >= 15 is 0 Å². The number of nitrogens with one attached hydrogen (secondary N) is 1. The van der Waals surface area contributed by atoms with Crippen LogP contribution in [0.2, 0.25) is 5.02 Å². The molecule has 20 heavy (non-hydrogen) atoms. The molecule has 0 spiro atoms. The molecule has 0 aromatic carbocycles. The molecule has 1 aromatic rings. The van der Waals surface area contributed by atoms with Crippen LogP contribution in [-0.4, -0.2) is 35.6 Å². The van der Waals surface area contributed by atoms with E-state index in [0.29, 0.717) is 18.1 Å². The number of likely N-dealkylation sites (N-methyl/N-ethyl adjacent to an activating group) is 1. The quantitative estimate of drug-likeness (QED) is 0.878. The molecule has 0 bridgehead atoms. The van der Waals surface area contributed by atoms with Gasteiger partial charge in [-0.1, -0.05) is 18.5 Å². The first-order chi connectivity index (χ1) is 9.62. The van der Waals surface area contributed by atoms with Crippen molar-refractivity contribution in [2.24, 2.45) is 5.92 Å². The number of aryl methyl sites for hydroxylation is 2. The maximum atomic E-state index is 6.51. The maximum absolute atomic E-state index is 6.51. The SMILES string of the molecule is CCc1nn(CC)c(CC(NC)C2CCOC2C)c1Cl. The predicted molar refractivity (Wildman–Crippen MR) is 82.4 cm³/mol. The lowest BCUT2D eigenvalue weighted by Gasteiger charge is -2.25. The highest BCUT2D eigenvalue weighted by atomic mass is 35.5. The molecule has 1 aliphatic heterocycles. The Bertz CT molecular complexity index is 447. The third-order valence-corrected chi connectivity index (χ3v) is 4.87. The minimum absolute atomic E-state index is 0.315. The third-order valence-electron chi connectivity index (χ3n) is 4.43. The van der Waals surface area contributed by atoms with Crippen LogP contribution in [0.3, 0.4) is 0 Å². The lowest BCUT2D eigenvalue weighted by Crippen LogP contribution is -2.39. The molecule has 0 aliphatic carbocycles. The number of halogens is 1. The van der Waals surface area contributed by atoms with Gasteiger partial charge in [0.05, 0.1) is 22.5 Å². The number of hydrogen-bond acceptors (Lipinski definition) is 3. The second-order valence-electron chi connectivity index (χ2n) is 5.50. The van der Waals surface area contributed by atoms with Crippen LogP contribution >= 0.6 is 11.6 Å². The van der Waals surface area contributed by atoms with Gasteiger partial charge < -0.3 is 10.1 Å². The fourth-order valence-corrected chi connectivity index (χ4v) is 3.51. The van der Waals surface area contributed by atoms with Crippen LogP contribution in [0.15, 0.2) is 0 Å². The molecule has 3 unspecified atom stereocenters. The summed E-state index contributed by atoms with van der Waals surface area (Å²) in [5.41, 5.74) is 2.17. The average Bonchev–Trinajstić information content (AvgIpc) is 3.00. The van der Waals surface area contributed by atoms with Crippen molar-refractivity contribution in [3.63, 3.8) is 0 Å². The van der Waals surface area contributed by atoms with E-state index in [1.54, 1.807) is 0 Å². The Morgan fingerprint density at radius 2 is 2.25 bits per heavy atom. The van der Waals surface area contributed by atoms with Gasteiger partial charge in [-0.15, -0.1) is 0 Å². The van der Waals surface area contributed by atoms with Gasteiger partial charge in [0, 0.05) is 31.5 Å². The highest BCUT2D eigenvalue weighted by Crippen LogP contribution is 2.29. The van der Waals surface area contributed by atoms with Gasteiger partial charge in [0.15, 0.2) is 0 Å². The first-order valence-corrected chi connectivity index (χ1v) is 8.03. The molecule has 4 nitrogen and oxygen atoms in total. The van der Waals surface area contributed by atoms with Crippen LogP contribution in [0.5, 0.6) is 0 Å². The van der Waals surface area contributed by atoms with Crippen LogP contribution in [0.4, 0.5) is 0 Å². The van der Waals surface area contributed by atoms with E-state index < -0.39 is 0 Å². The standard InChI is InChI=1S/C15H26ClN3O/c1-5-12-15(16)14(19(6-2)18-12)9-13(17-4)11-7-8-20-10(11)3/h10-11,13,17H,5-9H2,1-4H3. The summed E-state index contributed by atoms with van der Waals surface area (Å²) >= 11 is 6.51. The van der Waals surface area contributed by atoms with Crippen molar-refractivity contribution in [2.45, 2.75) is 58.7 Å². The largest absolute Gasteiger partial charge is 0.378 e. The molecule has 1 saturated heterocycles. The monoisotopic (exact) mass is 299 g/mol. The Kier molecular flexibility index (Phi) is 5.47. The van der Waals surface area contributed by atoms with E-state index in [1.807, 2.05) is 11.7 Å². The van der Waals surface area contributed by atoms with Gasteiger partial charge in [-0.05, 0) is 33.7 Å². The highest BCUT2D eigenvalue weighted by molar-refractivity contribution is 6.31. The Morgan fingerprint density at radius 1 is 1.50 bits per heavy atom. The number of hydrogen-bond donors (Lipinski definition) is 1. The first kappa shape index (κ1) is 15.8. The van der Waals surface area contributed by atoms with Crippen LogP contribution in [-0.2, 0) is 24.1 Å². The van der Waals surface area contributed by atoms with Gasteiger partial charge in [-0.25, -0.2) is 0 Å². The van der Waals surface area contributed by atoms with Gasteiger partial charge in [0.2, 0.25) is 0 Å². The summed E-state index contributed by atoms with van der Waals surface area (Å²) in [4.78, 5) is 0. The van der Waals surface area contributed by atoms with Gasteiger partial charge in [0.25, 0.3) is 0 Å². The van der Waals surface area contributed by atoms with Crippen molar-refractivity contribution in [3.05, 3.63) is 16.4 Å². The second kappa shape index (κ2) is 6.92. The van der Waals surface area contributed by atoms with E-state index in [2.05, 4.69) is 31.2 Å². The number of nitrogens with zero attached hydrogens (tertiary/aromatic N) is 2. The van der Waals surface area contributed by atoms with Crippen LogP contribution < -0.4 is 5.32 Å². The average molecular weight is 300 g/mol. The minimum Gasteiger partial charge on any atom is -0.378 e. The predicted octanol–water partition coefficient (Wildman–Crippen LogP) is 2.67. The van der Waals surface area contributed by atoms with E-state index in [4.69, 9.17) is 16.3 Å². The summed E-state index contributed by atoms with van der Waals surface area (Å²) in [6, 6.07) is 0.386. The summed E-state index contributed by atoms with van der Waals surface area (Å²) in [7, 11) is 2.02. The van der Waals surface area contributed by atoms with Crippen molar-refractivity contribution in [1.29, 1.82) is 0 Å². The molecular weight excluding hydrogens is 274 g/mol. The molecule has 0 saturated carbocycles. The van der Waals surface area contributed by atoms with Crippen molar-refractivity contribution in [3.8, 4) is 0 Å². The molecule has 1 aromatic heterocycles. The third kappa shape index (κ3) is 3.02. The minimum atomic E-state index is 0.315. The zero-order valence-electron chi connectivity index (χ0n) is 12.9. The summed E-state index contributed by atoms with van der Waals surface area (Å²) in [5, 5.41) is 8.90. The fraction of sp³-hybridized carbons (Fsp3) is 0.800. The van der Waals surface area contributed by atoms with Crippen molar-refractivity contribution in [2.75, 3.05) is 13.7 Å². The lowest BCUT2D eigenvalue weighted by atomic mass is 9.90. The van der Waals surface area contributed by atoms with E-state index in [1.165, 1.54) is 0 Å². The van der Waals surface area contributed by atoms with Crippen molar-refractivity contribution >= 4 is 11.6 Å². The zero-order chi connectivity index (χ0) is 14.7. The van der Waals surface area contributed by atoms with Gasteiger partial charge in [-0.3, -0.25) is 4.68 Å². The van der Waals surface area contributed by atoms with Gasteiger partial charge in [-0.2, -0.15) is 5.10 Å². The molecule has 2 rings (SSSR count). The Morgan fingerprint density at radius 3 is 2.75 bits per heavy atom. The molecule has 1 fully saturated rings. The molecule has 0 radical (unpaired) electrons. The number of rotatable bonds is 6. The highest BCUT2D eigenvalue weighted by Gasteiger charge is 2.32. The van der Waals surface area contributed by atoms with Gasteiger partial charge >= 0.3 is 0 Å². The molecule has 1 N–H and O–H groups in total. The smallest absolute Gasteiger partial charge is 0.0850 e. The molecule has 114 valence electrons. The van der Waals surface area contributed by atoms with Crippen LogP contribution in [0.25, 0.3) is 0 Å². The molecular formula is C15H26ClN3O. The first-order valence-electron chi connectivity index (χ1n) is 7.65. The van der Waals surface area contributed by atoms with Crippen molar-refractivity contribution in [1.82, 2.24) is 15.1 Å². The molecule has 2 heterocycles. The Hall–Kier alpha value is -0.580.